The molecule has 0 atom stereocenters. The molecule has 0 fully saturated rings. The van der Waals surface area contributed by atoms with Crippen LogP contribution in [-0.4, -0.2) is 22.3 Å². The number of anilines is 1. The molecule has 0 aliphatic rings. The number of carbonyl (C=O) groups is 1. The number of aryl methyl sites for hydroxylation is 2. The maximum Gasteiger partial charge on any atom is 0.262 e. The SMILES string of the molecule is Cc1ccc(-n2nc(C)c(NC(=O)COc3ccc(F)cc3F)c2C)cc1. The summed E-state index contributed by atoms with van der Waals surface area (Å²) in [5, 5.41) is 7.20. The van der Waals surface area contributed by atoms with Gasteiger partial charge in [-0.3, -0.25) is 4.79 Å². The summed E-state index contributed by atoms with van der Waals surface area (Å²) < 4.78 is 33.3. The van der Waals surface area contributed by atoms with Crippen molar-refractivity contribution in [3.63, 3.8) is 0 Å². The number of carbonyl (C=O) groups excluding carboxylic acids is 1. The van der Waals surface area contributed by atoms with E-state index in [9.17, 15) is 13.6 Å². The van der Waals surface area contributed by atoms with Crippen molar-refractivity contribution in [1.29, 1.82) is 0 Å². The minimum atomic E-state index is -0.859. The van der Waals surface area contributed by atoms with E-state index in [-0.39, 0.29) is 5.75 Å². The molecule has 0 aliphatic carbocycles. The highest BCUT2D eigenvalue weighted by molar-refractivity contribution is 5.93. The number of amides is 1. The van der Waals surface area contributed by atoms with Crippen LogP contribution in [-0.2, 0) is 4.79 Å². The molecule has 0 saturated carbocycles. The van der Waals surface area contributed by atoms with Gasteiger partial charge in [0.1, 0.15) is 5.82 Å². The van der Waals surface area contributed by atoms with Gasteiger partial charge in [-0.15, -0.1) is 0 Å². The Bertz CT molecular complexity index is 982. The number of rotatable bonds is 5. The minimum Gasteiger partial charge on any atom is -0.481 e. The first-order valence-electron chi connectivity index (χ1n) is 8.36. The number of nitrogens with one attached hydrogen (secondary N) is 1. The summed E-state index contributed by atoms with van der Waals surface area (Å²) >= 11 is 0. The Hall–Kier alpha value is -3.22. The first-order chi connectivity index (χ1) is 12.8. The molecule has 1 aromatic heterocycles. The van der Waals surface area contributed by atoms with Crippen LogP contribution in [0.3, 0.4) is 0 Å². The third-order valence-electron chi connectivity index (χ3n) is 4.09. The van der Waals surface area contributed by atoms with Gasteiger partial charge in [-0.05, 0) is 45.0 Å². The monoisotopic (exact) mass is 371 g/mol. The standard InChI is InChI=1S/C20H19F2N3O2/c1-12-4-7-16(8-5-12)25-14(3)20(13(2)24-25)23-19(26)11-27-18-9-6-15(21)10-17(18)22/h4-10H,11H2,1-3H3,(H,23,26). The maximum absolute atomic E-state index is 13.6. The molecule has 140 valence electrons. The largest absolute Gasteiger partial charge is 0.481 e. The Kier molecular flexibility index (Phi) is 5.21. The highest BCUT2D eigenvalue weighted by atomic mass is 19.1. The topological polar surface area (TPSA) is 56.2 Å². The fourth-order valence-electron chi connectivity index (χ4n) is 2.67. The summed E-state index contributed by atoms with van der Waals surface area (Å²) in [6.45, 7) is 5.22. The zero-order valence-electron chi connectivity index (χ0n) is 15.2. The van der Waals surface area contributed by atoms with Crippen LogP contribution in [0.4, 0.5) is 14.5 Å². The van der Waals surface area contributed by atoms with Gasteiger partial charge in [0.05, 0.1) is 22.8 Å². The number of nitrogens with zero attached hydrogens (tertiary/aromatic N) is 2. The molecule has 27 heavy (non-hydrogen) atoms. The highest BCUT2D eigenvalue weighted by Gasteiger charge is 2.16. The van der Waals surface area contributed by atoms with Crippen molar-refractivity contribution in [3.8, 4) is 11.4 Å². The molecule has 5 nitrogen and oxygen atoms in total. The van der Waals surface area contributed by atoms with Gasteiger partial charge in [0.25, 0.3) is 5.91 Å². The molecule has 2 aromatic carbocycles. The van der Waals surface area contributed by atoms with Crippen LogP contribution in [0.5, 0.6) is 5.75 Å². The number of halogens is 2. The molecule has 0 spiro atoms. The molecule has 3 aromatic rings. The van der Waals surface area contributed by atoms with E-state index in [4.69, 9.17) is 4.74 Å². The number of hydrogen-bond donors (Lipinski definition) is 1. The Morgan fingerprint density at radius 3 is 2.48 bits per heavy atom. The van der Waals surface area contributed by atoms with Gasteiger partial charge in [0, 0.05) is 6.07 Å². The predicted molar refractivity (Wildman–Crippen MR) is 98.3 cm³/mol. The second kappa shape index (κ2) is 7.57. The van der Waals surface area contributed by atoms with E-state index in [2.05, 4.69) is 10.4 Å². The van der Waals surface area contributed by atoms with Crippen molar-refractivity contribution in [2.24, 2.45) is 0 Å². The number of ether oxygens (including phenoxy) is 1. The van der Waals surface area contributed by atoms with Crippen molar-refractivity contribution in [3.05, 3.63) is 71.1 Å². The van der Waals surface area contributed by atoms with Crippen LogP contribution in [0, 0.1) is 32.4 Å². The Balaban J connectivity index is 1.71. The van der Waals surface area contributed by atoms with Crippen molar-refractivity contribution in [2.45, 2.75) is 20.8 Å². The molecular formula is C20H19F2N3O2. The molecule has 0 bridgehead atoms. The zero-order chi connectivity index (χ0) is 19.6. The lowest BCUT2D eigenvalue weighted by Crippen LogP contribution is -2.21. The summed E-state index contributed by atoms with van der Waals surface area (Å²) in [4.78, 5) is 12.2. The average molecular weight is 371 g/mol. The Morgan fingerprint density at radius 2 is 1.81 bits per heavy atom. The molecule has 7 heteroatoms. The molecule has 1 N–H and O–H groups in total. The van der Waals surface area contributed by atoms with Crippen molar-refractivity contribution in [1.82, 2.24) is 9.78 Å². The van der Waals surface area contributed by atoms with Gasteiger partial charge in [-0.2, -0.15) is 5.10 Å². The first kappa shape index (κ1) is 18.6. The van der Waals surface area contributed by atoms with Gasteiger partial charge in [0.15, 0.2) is 18.2 Å². The van der Waals surface area contributed by atoms with Gasteiger partial charge in [0.2, 0.25) is 0 Å². The molecule has 1 amide bonds. The second-order valence-corrected chi connectivity index (χ2v) is 6.20. The van der Waals surface area contributed by atoms with E-state index < -0.39 is 24.1 Å². The normalized spacial score (nSPS) is 10.7. The lowest BCUT2D eigenvalue weighted by atomic mass is 10.2. The van der Waals surface area contributed by atoms with Gasteiger partial charge >= 0.3 is 0 Å². The van der Waals surface area contributed by atoms with Crippen LogP contribution in [0.25, 0.3) is 5.69 Å². The zero-order valence-corrected chi connectivity index (χ0v) is 15.2. The molecule has 0 saturated heterocycles. The summed E-state index contributed by atoms with van der Waals surface area (Å²) in [6, 6.07) is 10.8. The fourth-order valence-corrected chi connectivity index (χ4v) is 2.67. The molecule has 3 rings (SSSR count). The van der Waals surface area contributed by atoms with Crippen LogP contribution in [0.15, 0.2) is 42.5 Å². The van der Waals surface area contributed by atoms with Crippen molar-refractivity contribution < 1.29 is 18.3 Å². The average Bonchev–Trinajstić information content (AvgIpc) is 2.90. The number of hydrogen-bond acceptors (Lipinski definition) is 3. The highest BCUT2D eigenvalue weighted by Crippen LogP contribution is 2.23. The Labute approximate surface area is 155 Å². The van der Waals surface area contributed by atoms with Crippen LogP contribution in [0.2, 0.25) is 0 Å². The minimum absolute atomic E-state index is 0.185. The molecule has 1 heterocycles. The Morgan fingerprint density at radius 1 is 1.11 bits per heavy atom. The third kappa shape index (κ3) is 4.13. The summed E-state index contributed by atoms with van der Waals surface area (Å²) in [7, 11) is 0. The van der Waals surface area contributed by atoms with Crippen molar-refractivity contribution >= 4 is 11.6 Å². The van der Waals surface area contributed by atoms with E-state index >= 15 is 0 Å². The molecule has 0 radical (unpaired) electrons. The van der Waals surface area contributed by atoms with Crippen LogP contribution < -0.4 is 10.1 Å². The van der Waals surface area contributed by atoms with Gasteiger partial charge in [-0.25, -0.2) is 13.5 Å². The van der Waals surface area contributed by atoms with E-state index in [0.717, 1.165) is 29.1 Å². The molecule has 0 unspecified atom stereocenters. The predicted octanol–water partition coefficient (Wildman–Crippen LogP) is 4.09. The van der Waals surface area contributed by atoms with E-state index in [0.29, 0.717) is 17.4 Å². The number of aromatic nitrogens is 2. The van der Waals surface area contributed by atoms with E-state index in [1.54, 1.807) is 11.6 Å². The maximum atomic E-state index is 13.6. The van der Waals surface area contributed by atoms with E-state index in [1.807, 2.05) is 38.1 Å². The van der Waals surface area contributed by atoms with Crippen molar-refractivity contribution in [2.75, 3.05) is 11.9 Å². The van der Waals surface area contributed by atoms with Gasteiger partial charge < -0.3 is 10.1 Å². The van der Waals surface area contributed by atoms with E-state index in [1.165, 1.54) is 0 Å². The number of benzene rings is 2. The fraction of sp³-hybridized carbons (Fsp3) is 0.200. The third-order valence-corrected chi connectivity index (χ3v) is 4.09. The second-order valence-electron chi connectivity index (χ2n) is 6.20. The van der Waals surface area contributed by atoms with Crippen LogP contribution in [0.1, 0.15) is 17.0 Å². The molecule has 0 aliphatic heterocycles. The first-order valence-corrected chi connectivity index (χ1v) is 8.36. The lowest BCUT2D eigenvalue weighted by Gasteiger charge is -2.09. The van der Waals surface area contributed by atoms with Crippen LogP contribution >= 0.6 is 0 Å². The smallest absolute Gasteiger partial charge is 0.262 e. The lowest BCUT2D eigenvalue weighted by molar-refractivity contribution is -0.118. The summed E-state index contributed by atoms with van der Waals surface area (Å²) in [5.74, 6) is -2.22. The van der Waals surface area contributed by atoms with Gasteiger partial charge in [-0.1, -0.05) is 17.7 Å². The summed E-state index contributed by atoms with van der Waals surface area (Å²) in [5.41, 5.74) is 4.00. The summed E-state index contributed by atoms with van der Waals surface area (Å²) in [6.07, 6.45) is 0. The quantitative estimate of drug-likeness (QED) is 0.735. The molecular weight excluding hydrogens is 352 g/mol.